The Labute approximate surface area is 631 Å². The zero-order valence-electron chi connectivity index (χ0n) is 69.9. The van der Waals surface area contributed by atoms with Crippen molar-refractivity contribution in [2.45, 2.75) is 370 Å². The summed E-state index contributed by atoms with van der Waals surface area (Å²) >= 11 is 0. The third kappa shape index (κ3) is 42.3. The second-order valence-electron chi connectivity index (χ2n) is 34.3. The summed E-state index contributed by atoms with van der Waals surface area (Å²) in [6.45, 7) is 50.8. The van der Waals surface area contributed by atoms with Gasteiger partial charge in [0, 0.05) is 0 Å². The number of alkyl halides is 15. The van der Waals surface area contributed by atoms with Crippen molar-refractivity contribution in [2.75, 3.05) is 13.2 Å². The Hall–Kier alpha value is -5.01. The maximum atomic E-state index is 12.4. The van der Waals surface area contributed by atoms with Crippen LogP contribution in [-0.2, 0) is 62.6 Å². The third-order valence-corrected chi connectivity index (χ3v) is 20.7. The van der Waals surface area contributed by atoms with E-state index in [0.717, 1.165) is 58.3 Å². The lowest BCUT2D eigenvalue weighted by Gasteiger charge is -2.39. The number of rotatable bonds is 21. The van der Waals surface area contributed by atoms with Gasteiger partial charge in [-0.2, -0.15) is 65.9 Å². The Morgan fingerprint density at radius 1 is 0.402 bits per heavy atom. The second-order valence-corrected chi connectivity index (χ2v) is 34.3. The average molecular weight is 1570 g/mol. The van der Waals surface area contributed by atoms with Crippen LogP contribution in [0.5, 0.6) is 0 Å². The first kappa shape index (κ1) is 108. The molecular weight excluding hydrogens is 1440 g/mol. The van der Waals surface area contributed by atoms with Crippen LogP contribution >= 0.6 is 0 Å². The minimum Gasteiger partial charge on any atom is -0.462 e. The summed E-state index contributed by atoms with van der Waals surface area (Å²) < 4.78 is 207. The largest absolute Gasteiger partial charge is 0.462 e. The number of carbonyl (C=O) groups is 6. The van der Waals surface area contributed by atoms with E-state index in [1.807, 2.05) is 41.5 Å². The van der Waals surface area contributed by atoms with Crippen LogP contribution in [-0.4, -0.2) is 104 Å². The molecule has 0 N–H and O–H groups in total. The quantitative estimate of drug-likeness (QED) is 0.0653. The van der Waals surface area contributed by atoms with Crippen molar-refractivity contribution in [1.82, 2.24) is 0 Å². The maximum Gasteiger partial charge on any atom is 0.425 e. The van der Waals surface area contributed by atoms with Gasteiger partial charge in [-0.25, -0.2) is 0 Å². The maximum absolute atomic E-state index is 12.4. The molecule has 632 valence electrons. The van der Waals surface area contributed by atoms with Crippen molar-refractivity contribution in [3.8, 4) is 0 Å². The first-order valence-electron chi connectivity index (χ1n) is 37.3. The summed E-state index contributed by atoms with van der Waals surface area (Å²) in [4.78, 5) is 68.6. The fourth-order valence-electron chi connectivity index (χ4n) is 8.93. The van der Waals surface area contributed by atoms with Crippen LogP contribution in [0.25, 0.3) is 0 Å². The molecule has 2 saturated carbocycles. The van der Waals surface area contributed by atoms with Crippen LogP contribution in [0.4, 0.5) is 65.9 Å². The SMILES string of the molecule is CCC(C)(C(=O)OCC(F)(F)F)C(F)(F)F.CCC(C)(C)C(=O)OC(C)(C)C1CCC(C)CC1.CCC(C)(C)C(=O)OC(C)C(F)(F)F.CCC(C)(C)C(=O)OC(C)C(F)(F)F.CCC(C)(C)C(=O)OC1CCC(C(C)(C)C)CC1.CCC(C)(C)C(=O)OCC(F)(F)F.CCC(C)c1ccc(C(C)(C)C)cc1. The van der Waals surface area contributed by atoms with Gasteiger partial charge in [-0.3, -0.25) is 28.8 Å². The first-order chi connectivity index (χ1) is 47.6. The van der Waals surface area contributed by atoms with E-state index >= 15 is 0 Å². The summed E-state index contributed by atoms with van der Waals surface area (Å²) in [7, 11) is 0. The van der Waals surface area contributed by atoms with Gasteiger partial charge in [-0.1, -0.05) is 141 Å². The molecule has 1 aromatic rings. The molecule has 27 heteroatoms. The zero-order chi connectivity index (χ0) is 85.8. The van der Waals surface area contributed by atoms with E-state index in [0.29, 0.717) is 43.4 Å². The van der Waals surface area contributed by atoms with Gasteiger partial charge in [-0.15, -0.1) is 0 Å². The van der Waals surface area contributed by atoms with Gasteiger partial charge in [0.1, 0.15) is 11.7 Å². The van der Waals surface area contributed by atoms with E-state index in [1.54, 1.807) is 62.3 Å². The van der Waals surface area contributed by atoms with Crippen LogP contribution in [0.3, 0.4) is 0 Å². The lowest BCUT2D eigenvalue weighted by atomic mass is 9.72. The van der Waals surface area contributed by atoms with Crippen LogP contribution in [0, 0.1) is 55.7 Å². The predicted molar refractivity (Wildman–Crippen MR) is 388 cm³/mol. The topological polar surface area (TPSA) is 158 Å². The average Bonchev–Trinajstić information content (AvgIpc) is 0.808. The lowest BCUT2D eigenvalue weighted by Crippen LogP contribution is -2.44. The summed E-state index contributed by atoms with van der Waals surface area (Å²) in [5.41, 5.74) is -2.94. The Morgan fingerprint density at radius 2 is 0.720 bits per heavy atom. The van der Waals surface area contributed by atoms with E-state index in [4.69, 9.17) is 9.47 Å². The van der Waals surface area contributed by atoms with Crippen molar-refractivity contribution in [3.05, 3.63) is 35.4 Å². The molecule has 2 fully saturated rings. The van der Waals surface area contributed by atoms with Crippen molar-refractivity contribution in [2.24, 2.45) is 55.7 Å². The molecular formula is C80H135F15O12. The molecule has 0 radical (unpaired) electrons. The van der Waals surface area contributed by atoms with Crippen LogP contribution in [0.1, 0.15) is 321 Å². The standard InChI is InChI=1S/2C16H30O2.C14H22.2C9H15F3O2.C8H10F6O2.C8H13F3O2/c1-7-16(5,6)14(17)18-13-10-8-12(9-11-13)15(2,3)4;1-7-15(3,4)14(17)18-16(5,6)13-10-8-12(2)9-11-13;1-6-11(2)12-7-9-13(10-8-12)14(3,4)5;2*1-5-8(3,4)7(13)14-6(2)9(10,11)12;1-3-6(2,8(12,13)14)5(15)16-4-7(9,10)11;1-4-7(2,3)6(12)13-5-8(9,10)11/h2*12-13H,7-11H2,1-6H3;7-11H,6H2,1-5H3;2*6H,5H2,1-4H3;3-4H2,1-2H3;4-5H2,1-3H3. The van der Waals surface area contributed by atoms with Gasteiger partial charge in [0.25, 0.3) is 0 Å². The van der Waals surface area contributed by atoms with Gasteiger partial charge in [-0.05, 0) is 233 Å². The number of ether oxygens (including phenoxy) is 6. The summed E-state index contributed by atoms with van der Waals surface area (Å²) in [6, 6.07) is 9.08. The molecule has 0 saturated heterocycles. The van der Waals surface area contributed by atoms with Crippen LogP contribution in [0.2, 0.25) is 0 Å². The minimum atomic E-state index is -4.94. The highest BCUT2D eigenvalue weighted by molar-refractivity contribution is 5.78. The van der Waals surface area contributed by atoms with Gasteiger partial charge < -0.3 is 28.4 Å². The van der Waals surface area contributed by atoms with Crippen molar-refractivity contribution in [1.29, 1.82) is 0 Å². The second kappa shape index (κ2) is 44.3. The van der Waals surface area contributed by atoms with Gasteiger partial charge in [0.2, 0.25) is 0 Å². The monoisotopic (exact) mass is 1570 g/mol. The fourth-order valence-corrected chi connectivity index (χ4v) is 8.93. The molecule has 12 nitrogen and oxygen atoms in total. The fraction of sp³-hybridized carbons (Fsp3) is 0.850. The highest BCUT2D eigenvalue weighted by atomic mass is 19.4. The summed E-state index contributed by atoms with van der Waals surface area (Å²) in [5.74, 6) is -1.62. The molecule has 0 bridgehead atoms. The van der Waals surface area contributed by atoms with Crippen molar-refractivity contribution in [3.63, 3.8) is 0 Å². The van der Waals surface area contributed by atoms with Gasteiger partial charge in [0.15, 0.2) is 30.8 Å². The molecule has 0 heterocycles. The lowest BCUT2D eigenvalue weighted by molar-refractivity contribution is -0.240. The Morgan fingerprint density at radius 3 is 1.01 bits per heavy atom. The third-order valence-electron chi connectivity index (χ3n) is 20.7. The predicted octanol–water partition coefficient (Wildman–Crippen LogP) is 25.1. The van der Waals surface area contributed by atoms with E-state index < -0.39 is 108 Å². The van der Waals surface area contributed by atoms with Gasteiger partial charge >= 0.3 is 66.7 Å². The number of benzene rings is 1. The smallest absolute Gasteiger partial charge is 0.425 e. The van der Waals surface area contributed by atoms with Gasteiger partial charge in [0.05, 0.1) is 27.1 Å². The number of esters is 6. The number of carbonyl (C=O) groups excluding carboxylic acids is 6. The molecule has 2 aliphatic carbocycles. The van der Waals surface area contributed by atoms with E-state index in [2.05, 4.69) is 119 Å². The molecule has 0 spiro atoms. The molecule has 4 unspecified atom stereocenters. The van der Waals surface area contributed by atoms with E-state index in [-0.39, 0.29) is 39.9 Å². The number of hydrogen-bond acceptors (Lipinski definition) is 12. The molecule has 0 aromatic heterocycles. The normalized spacial score (nSPS) is 18.6. The zero-order valence-corrected chi connectivity index (χ0v) is 69.9. The Bertz CT molecular complexity index is 2700. The van der Waals surface area contributed by atoms with Crippen LogP contribution in [0.15, 0.2) is 24.3 Å². The van der Waals surface area contributed by atoms with Crippen LogP contribution < -0.4 is 0 Å². The molecule has 0 amide bonds. The molecule has 107 heavy (non-hydrogen) atoms. The minimum absolute atomic E-state index is 0.0239. The summed E-state index contributed by atoms with van der Waals surface area (Å²) in [5, 5.41) is 0. The highest BCUT2D eigenvalue weighted by Crippen LogP contribution is 2.44. The van der Waals surface area contributed by atoms with E-state index in [9.17, 15) is 94.6 Å². The molecule has 1 aromatic carbocycles. The Kier molecular flexibility index (Phi) is 44.8. The first-order valence-corrected chi connectivity index (χ1v) is 37.3. The molecule has 4 atom stereocenters. The Balaban J connectivity index is -0.000000580. The molecule has 0 aliphatic heterocycles. The highest BCUT2D eigenvalue weighted by Gasteiger charge is 2.57. The number of hydrogen-bond donors (Lipinski definition) is 0. The van der Waals surface area contributed by atoms with E-state index in [1.165, 1.54) is 56.1 Å². The number of halogens is 15. The van der Waals surface area contributed by atoms with Crippen molar-refractivity contribution < 1.29 is 123 Å². The van der Waals surface area contributed by atoms with Crippen molar-refractivity contribution >= 4 is 35.8 Å². The molecule has 3 rings (SSSR count). The molecule has 2 aliphatic rings. The summed E-state index contributed by atoms with van der Waals surface area (Å²) in [6.07, 6.45) is -14.2.